The van der Waals surface area contributed by atoms with Crippen molar-refractivity contribution in [1.82, 2.24) is 5.32 Å². The molecule has 0 aromatic rings. The van der Waals surface area contributed by atoms with Gasteiger partial charge in [0.25, 0.3) is 0 Å². The van der Waals surface area contributed by atoms with Gasteiger partial charge in [-0.3, -0.25) is 0 Å². The third-order valence-electron chi connectivity index (χ3n) is 3.61. The Labute approximate surface area is 103 Å². The third-order valence-corrected chi connectivity index (χ3v) is 3.61. The zero-order chi connectivity index (χ0) is 13.2. The van der Waals surface area contributed by atoms with Crippen LogP contribution in [0.5, 0.6) is 0 Å². The average Bonchev–Trinajstić information content (AvgIpc) is 2.34. The van der Waals surface area contributed by atoms with Gasteiger partial charge in [-0.1, -0.05) is 48.0 Å². The molecule has 1 heterocycles. The number of nitrogens with one attached hydrogen (secondary N) is 1. The third kappa shape index (κ3) is 4.84. The Kier molecular flexibility index (Phi) is 11.5. The van der Waals surface area contributed by atoms with Crippen molar-refractivity contribution in [3.05, 3.63) is 0 Å². The van der Waals surface area contributed by atoms with Gasteiger partial charge in [-0.15, -0.1) is 0 Å². The Morgan fingerprint density at radius 1 is 1.31 bits per heavy atom. The molecule has 3 unspecified atom stereocenters. The quantitative estimate of drug-likeness (QED) is 0.763. The second kappa shape index (κ2) is 10.1. The fourth-order valence-corrected chi connectivity index (χ4v) is 2.23. The minimum atomic E-state index is -0.176. The fraction of sp³-hybridized carbons (Fsp3) is 1.00. The van der Waals surface area contributed by atoms with Gasteiger partial charge in [0.15, 0.2) is 0 Å². The Bertz CT molecular complexity index is 148. The number of hydrogen-bond donors (Lipinski definition) is 2. The van der Waals surface area contributed by atoms with E-state index in [4.69, 9.17) is 0 Å². The summed E-state index contributed by atoms with van der Waals surface area (Å²) in [7, 11) is 0. The van der Waals surface area contributed by atoms with Gasteiger partial charge < -0.3 is 10.4 Å². The van der Waals surface area contributed by atoms with Crippen LogP contribution in [0.3, 0.4) is 0 Å². The van der Waals surface area contributed by atoms with E-state index in [0.717, 1.165) is 25.9 Å². The van der Waals surface area contributed by atoms with Gasteiger partial charge in [0.05, 0.1) is 6.10 Å². The van der Waals surface area contributed by atoms with Crippen molar-refractivity contribution in [3.8, 4) is 0 Å². The van der Waals surface area contributed by atoms with Crippen molar-refractivity contribution in [2.75, 3.05) is 13.1 Å². The van der Waals surface area contributed by atoms with Crippen molar-refractivity contribution in [2.24, 2.45) is 11.3 Å². The van der Waals surface area contributed by atoms with Crippen LogP contribution in [0.25, 0.3) is 0 Å². The molecule has 1 fully saturated rings. The molecule has 1 aliphatic heterocycles. The van der Waals surface area contributed by atoms with Gasteiger partial charge in [0.1, 0.15) is 0 Å². The normalized spacial score (nSPS) is 30.4. The molecular formula is C14H33NO. The van der Waals surface area contributed by atoms with Gasteiger partial charge in [-0.2, -0.15) is 0 Å². The highest BCUT2D eigenvalue weighted by Crippen LogP contribution is 2.38. The van der Waals surface area contributed by atoms with E-state index in [2.05, 4.69) is 19.2 Å². The summed E-state index contributed by atoms with van der Waals surface area (Å²) in [6.45, 7) is 16.5. The molecule has 16 heavy (non-hydrogen) atoms. The highest BCUT2D eigenvalue weighted by Gasteiger charge is 2.38. The Morgan fingerprint density at radius 3 is 2.12 bits per heavy atom. The van der Waals surface area contributed by atoms with Crippen molar-refractivity contribution in [3.63, 3.8) is 0 Å². The molecule has 0 aliphatic carbocycles. The Morgan fingerprint density at radius 2 is 1.81 bits per heavy atom. The van der Waals surface area contributed by atoms with E-state index in [1.165, 1.54) is 0 Å². The first-order valence-corrected chi connectivity index (χ1v) is 7.00. The second-order valence-corrected chi connectivity index (χ2v) is 4.24. The predicted molar refractivity (Wildman–Crippen MR) is 73.8 cm³/mol. The fourth-order valence-electron chi connectivity index (χ4n) is 2.23. The summed E-state index contributed by atoms with van der Waals surface area (Å²) in [4.78, 5) is 0. The molecule has 2 N–H and O–H groups in total. The number of hydrogen-bond acceptors (Lipinski definition) is 2. The van der Waals surface area contributed by atoms with Crippen molar-refractivity contribution in [2.45, 2.75) is 67.4 Å². The zero-order valence-corrected chi connectivity index (χ0v) is 12.4. The van der Waals surface area contributed by atoms with E-state index in [-0.39, 0.29) is 11.5 Å². The maximum absolute atomic E-state index is 9.71. The molecule has 1 aliphatic rings. The summed E-state index contributed by atoms with van der Waals surface area (Å²) < 4.78 is 0. The second-order valence-electron chi connectivity index (χ2n) is 4.24. The van der Waals surface area contributed by atoms with E-state index in [1.54, 1.807) is 0 Å². The van der Waals surface area contributed by atoms with Gasteiger partial charge in [-0.25, -0.2) is 0 Å². The molecule has 1 rings (SSSR count). The minimum absolute atomic E-state index is 0.139. The highest BCUT2D eigenvalue weighted by molar-refractivity contribution is 4.91. The van der Waals surface area contributed by atoms with Crippen LogP contribution in [0.1, 0.15) is 61.3 Å². The predicted octanol–water partition coefficient (Wildman–Crippen LogP) is 3.45. The SMILES string of the molecule is CC.CC.CCC1CNCCC1(C)C(C)O. The van der Waals surface area contributed by atoms with E-state index >= 15 is 0 Å². The van der Waals surface area contributed by atoms with Crippen molar-refractivity contribution < 1.29 is 5.11 Å². The maximum atomic E-state index is 9.71. The molecular weight excluding hydrogens is 198 g/mol. The van der Waals surface area contributed by atoms with E-state index in [9.17, 15) is 5.11 Å². The lowest BCUT2D eigenvalue weighted by Gasteiger charge is -2.43. The van der Waals surface area contributed by atoms with Crippen LogP contribution in [0.2, 0.25) is 0 Å². The van der Waals surface area contributed by atoms with Crippen LogP contribution in [-0.4, -0.2) is 24.3 Å². The number of rotatable bonds is 2. The van der Waals surface area contributed by atoms with Crippen molar-refractivity contribution >= 4 is 0 Å². The highest BCUT2D eigenvalue weighted by atomic mass is 16.3. The molecule has 0 spiro atoms. The first-order valence-electron chi connectivity index (χ1n) is 7.00. The van der Waals surface area contributed by atoms with Crippen LogP contribution in [0.15, 0.2) is 0 Å². The molecule has 2 nitrogen and oxygen atoms in total. The maximum Gasteiger partial charge on any atom is 0.0569 e. The van der Waals surface area contributed by atoms with Gasteiger partial charge in [-0.05, 0) is 37.8 Å². The smallest absolute Gasteiger partial charge is 0.0569 e. The number of piperidine rings is 1. The molecule has 0 radical (unpaired) electrons. The first kappa shape index (κ1) is 18.3. The standard InChI is InChI=1S/C10H21NO.2C2H6/c1-4-9-7-11-6-5-10(9,3)8(2)12;2*1-2/h8-9,11-12H,4-7H2,1-3H3;2*1-2H3. The van der Waals surface area contributed by atoms with Crippen LogP contribution < -0.4 is 5.32 Å². The summed E-state index contributed by atoms with van der Waals surface area (Å²) in [6, 6.07) is 0. The summed E-state index contributed by atoms with van der Waals surface area (Å²) in [6.07, 6.45) is 2.09. The molecule has 0 saturated carbocycles. The lowest BCUT2D eigenvalue weighted by atomic mass is 9.68. The van der Waals surface area contributed by atoms with E-state index in [1.807, 2.05) is 34.6 Å². The van der Waals surface area contributed by atoms with Crippen molar-refractivity contribution in [1.29, 1.82) is 0 Å². The van der Waals surface area contributed by atoms with Gasteiger partial charge in [0.2, 0.25) is 0 Å². The first-order chi connectivity index (χ1) is 7.61. The Hall–Kier alpha value is -0.0800. The van der Waals surface area contributed by atoms with Gasteiger partial charge >= 0.3 is 0 Å². The topological polar surface area (TPSA) is 32.3 Å². The molecule has 0 bridgehead atoms. The van der Waals surface area contributed by atoms with E-state index < -0.39 is 0 Å². The summed E-state index contributed by atoms with van der Waals surface area (Å²) >= 11 is 0. The molecule has 0 aromatic carbocycles. The zero-order valence-electron chi connectivity index (χ0n) is 12.4. The summed E-state index contributed by atoms with van der Waals surface area (Å²) in [5.74, 6) is 0.631. The molecule has 100 valence electrons. The lowest BCUT2D eigenvalue weighted by Crippen LogP contribution is -2.48. The molecule has 0 aromatic heterocycles. The van der Waals surface area contributed by atoms with Crippen LogP contribution in [0.4, 0.5) is 0 Å². The molecule has 0 amide bonds. The molecule has 1 saturated heterocycles. The van der Waals surface area contributed by atoms with Crippen LogP contribution in [0, 0.1) is 11.3 Å². The van der Waals surface area contributed by atoms with Gasteiger partial charge in [0, 0.05) is 0 Å². The lowest BCUT2D eigenvalue weighted by molar-refractivity contribution is -0.0167. The monoisotopic (exact) mass is 231 g/mol. The van der Waals surface area contributed by atoms with E-state index in [0.29, 0.717) is 5.92 Å². The average molecular weight is 231 g/mol. The largest absolute Gasteiger partial charge is 0.393 e. The minimum Gasteiger partial charge on any atom is -0.393 e. The van der Waals surface area contributed by atoms with Crippen LogP contribution >= 0.6 is 0 Å². The molecule has 2 heteroatoms. The molecule has 3 atom stereocenters. The van der Waals surface area contributed by atoms with Crippen LogP contribution in [-0.2, 0) is 0 Å². The Balaban J connectivity index is 0. The number of aliphatic hydroxyl groups is 1. The number of aliphatic hydroxyl groups excluding tert-OH is 1. The summed E-state index contributed by atoms with van der Waals surface area (Å²) in [5.41, 5.74) is 0.139. The summed E-state index contributed by atoms with van der Waals surface area (Å²) in [5, 5.41) is 13.1.